The lowest BCUT2D eigenvalue weighted by Crippen LogP contribution is -2.30. The summed E-state index contributed by atoms with van der Waals surface area (Å²) >= 11 is 0. The molecule has 0 heterocycles. The monoisotopic (exact) mass is 480 g/mol. The lowest BCUT2D eigenvalue weighted by atomic mass is 9.63. The molecule has 2 aromatic carbocycles. The van der Waals surface area contributed by atoms with Gasteiger partial charge in [-0.15, -0.1) is 13.2 Å². The Bertz CT molecular complexity index is 929. The van der Waals surface area contributed by atoms with E-state index in [4.69, 9.17) is 0 Å². The van der Waals surface area contributed by atoms with Crippen molar-refractivity contribution in [2.24, 2.45) is 17.8 Å². The average Bonchev–Trinajstić information content (AvgIpc) is 2.78. The fourth-order valence-electron chi connectivity index (χ4n) is 6.16. The van der Waals surface area contributed by atoms with E-state index in [1.54, 1.807) is 0 Å². The van der Waals surface area contributed by atoms with Crippen molar-refractivity contribution in [2.75, 3.05) is 0 Å². The number of ether oxygens (including phenoxy) is 1. The van der Waals surface area contributed by atoms with Gasteiger partial charge in [0.05, 0.1) is 5.56 Å². The van der Waals surface area contributed by atoms with Crippen LogP contribution in [0.3, 0.4) is 0 Å². The molecular weight excluding hydrogens is 447 g/mol. The highest BCUT2D eigenvalue weighted by atomic mass is 19.4. The highest BCUT2D eigenvalue weighted by Gasteiger charge is 2.36. The van der Waals surface area contributed by atoms with E-state index in [1.165, 1.54) is 69.2 Å². The van der Waals surface area contributed by atoms with Gasteiger partial charge in [0.25, 0.3) is 0 Å². The van der Waals surface area contributed by atoms with E-state index in [0.717, 1.165) is 43.2 Å². The normalized spacial score (nSPS) is 25.1. The second-order valence-electron chi connectivity index (χ2n) is 10.1. The Balaban J connectivity index is 1.42. The summed E-state index contributed by atoms with van der Waals surface area (Å²) in [5, 5.41) is 0. The van der Waals surface area contributed by atoms with Crippen LogP contribution >= 0.6 is 0 Å². The molecule has 34 heavy (non-hydrogen) atoms. The zero-order valence-electron chi connectivity index (χ0n) is 19.6. The first-order valence-corrected chi connectivity index (χ1v) is 12.6. The molecule has 4 rings (SSSR count). The summed E-state index contributed by atoms with van der Waals surface area (Å²) in [5.74, 6) is 0.578. The number of alkyl halides is 3. The van der Waals surface area contributed by atoms with Crippen LogP contribution in [-0.4, -0.2) is 6.36 Å². The standard InChI is InChI=1S/C28H33F5O/c1-2-3-4-5-18-6-7-21-15-22(9-8-20(21)14-18)23-16-25(29)27(26(30)17-23)19-10-12-24(13-11-19)34-28(31,32)33/h10-13,16-18,20-22H,2-9,14-15H2,1H3. The minimum atomic E-state index is -4.81. The molecule has 4 atom stereocenters. The SMILES string of the molecule is CCCCCC1CCC2CC(c3cc(F)c(-c4ccc(OC(F)(F)F)cc4)c(F)c3)CCC2C1. The van der Waals surface area contributed by atoms with E-state index in [9.17, 15) is 13.2 Å². The van der Waals surface area contributed by atoms with Gasteiger partial charge >= 0.3 is 6.36 Å². The third-order valence-corrected chi connectivity index (χ3v) is 7.85. The van der Waals surface area contributed by atoms with Crippen molar-refractivity contribution in [3.63, 3.8) is 0 Å². The molecule has 0 aliphatic heterocycles. The van der Waals surface area contributed by atoms with Crippen molar-refractivity contribution in [2.45, 2.75) is 83.4 Å². The van der Waals surface area contributed by atoms with Crippen LogP contribution < -0.4 is 4.74 Å². The predicted molar refractivity (Wildman–Crippen MR) is 124 cm³/mol. The maximum Gasteiger partial charge on any atom is 0.573 e. The number of fused-ring (bicyclic) bond motifs is 1. The van der Waals surface area contributed by atoms with E-state index < -0.39 is 23.7 Å². The quantitative estimate of drug-likeness (QED) is 0.283. The summed E-state index contributed by atoms with van der Waals surface area (Å²) in [7, 11) is 0. The van der Waals surface area contributed by atoms with Gasteiger partial charge in [-0.05, 0) is 91.2 Å². The summed E-state index contributed by atoms with van der Waals surface area (Å²) in [6.45, 7) is 2.24. The zero-order valence-corrected chi connectivity index (χ0v) is 19.6. The molecule has 186 valence electrons. The fraction of sp³-hybridized carbons (Fsp3) is 0.571. The molecular formula is C28H33F5O. The number of rotatable bonds is 7. The summed E-state index contributed by atoms with van der Waals surface area (Å²) in [6.07, 6.45) is 7.25. The van der Waals surface area contributed by atoms with Crippen molar-refractivity contribution < 1.29 is 26.7 Å². The Hall–Kier alpha value is -2.11. The van der Waals surface area contributed by atoms with Crippen molar-refractivity contribution >= 4 is 0 Å². The Labute approximate surface area is 198 Å². The van der Waals surface area contributed by atoms with Crippen molar-refractivity contribution in [1.82, 2.24) is 0 Å². The molecule has 0 amide bonds. The fourth-order valence-corrected chi connectivity index (χ4v) is 6.16. The van der Waals surface area contributed by atoms with Crippen LogP contribution in [-0.2, 0) is 0 Å². The van der Waals surface area contributed by atoms with Gasteiger partial charge in [-0.2, -0.15) is 0 Å². The van der Waals surface area contributed by atoms with Crippen LogP contribution in [0, 0.1) is 29.4 Å². The Morgan fingerprint density at radius 1 is 0.853 bits per heavy atom. The first-order valence-electron chi connectivity index (χ1n) is 12.6. The molecule has 4 unspecified atom stereocenters. The molecule has 0 radical (unpaired) electrons. The minimum Gasteiger partial charge on any atom is -0.406 e. The topological polar surface area (TPSA) is 9.23 Å². The van der Waals surface area contributed by atoms with Gasteiger partial charge in [0.15, 0.2) is 0 Å². The van der Waals surface area contributed by atoms with Crippen LogP contribution in [0.4, 0.5) is 22.0 Å². The summed E-state index contributed by atoms with van der Waals surface area (Å²) in [5.41, 5.74) is 0.657. The third kappa shape index (κ3) is 6.11. The average molecular weight is 481 g/mol. The van der Waals surface area contributed by atoms with Gasteiger partial charge in [0.1, 0.15) is 17.4 Å². The second kappa shape index (κ2) is 10.7. The summed E-state index contributed by atoms with van der Waals surface area (Å²) in [6, 6.07) is 7.45. The van der Waals surface area contributed by atoms with Gasteiger partial charge in [-0.25, -0.2) is 8.78 Å². The first-order chi connectivity index (χ1) is 16.2. The summed E-state index contributed by atoms with van der Waals surface area (Å²) in [4.78, 5) is 0. The highest BCUT2D eigenvalue weighted by Crippen LogP contribution is 2.49. The Morgan fingerprint density at radius 2 is 1.50 bits per heavy atom. The molecule has 0 N–H and O–H groups in total. The third-order valence-electron chi connectivity index (χ3n) is 7.85. The van der Waals surface area contributed by atoms with Crippen molar-refractivity contribution in [3.8, 4) is 16.9 Å². The van der Waals surface area contributed by atoms with Gasteiger partial charge in [0.2, 0.25) is 0 Å². The molecule has 6 heteroatoms. The van der Waals surface area contributed by atoms with Gasteiger partial charge in [-0.3, -0.25) is 0 Å². The maximum absolute atomic E-state index is 15.0. The minimum absolute atomic E-state index is 0.151. The molecule has 2 aliphatic carbocycles. The molecule has 2 fully saturated rings. The number of halogens is 5. The lowest BCUT2D eigenvalue weighted by Gasteiger charge is -2.42. The van der Waals surface area contributed by atoms with Crippen LogP contribution in [0.15, 0.2) is 36.4 Å². The van der Waals surface area contributed by atoms with Gasteiger partial charge in [0, 0.05) is 0 Å². The van der Waals surface area contributed by atoms with E-state index in [1.807, 2.05) is 0 Å². The van der Waals surface area contributed by atoms with E-state index in [2.05, 4.69) is 11.7 Å². The Morgan fingerprint density at radius 3 is 2.15 bits per heavy atom. The van der Waals surface area contributed by atoms with E-state index in [-0.39, 0.29) is 17.0 Å². The van der Waals surface area contributed by atoms with E-state index in [0.29, 0.717) is 11.5 Å². The highest BCUT2D eigenvalue weighted by molar-refractivity contribution is 5.66. The molecule has 1 nitrogen and oxygen atoms in total. The lowest BCUT2D eigenvalue weighted by molar-refractivity contribution is -0.274. The number of benzene rings is 2. The van der Waals surface area contributed by atoms with Gasteiger partial charge in [-0.1, -0.05) is 51.2 Å². The molecule has 0 aromatic heterocycles. The van der Waals surface area contributed by atoms with Crippen molar-refractivity contribution in [1.29, 1.82) is 0 Å². The smallest absolute Gasteiger partial charge is 0.406 e. The molecule has 2 saturated carbocycles. The largest absolute Gasteiger partial charge is 0.573 e. The van der Waals surface area contributed by atoms with Crippen LogP contribution in [0.2, 0.25) is 0 Å². The predicted octanol–water partition coefficient (Wildman–Crippen LogP) is 9.41. The molecule has 2 aromatic rings. The molecule has 0 bridgehead atoms. The molecule has 0 saturated heterocycles. The number of hydrogen-bond acceptors (Lipinski definition) is 1. The van der Waals surface area contributed by atoms with E-state index >= 15 is 8.78 Å². The molecule has 0 spiro atoms. The summed E-state index contributed by atoms with van der Waals surface area (Å²) < 4.78 is 70.9. The second-order valence-corrected chi connectivity index (χ2v) is 10.1. The Kier molecular flexibility index (Phi) is 7.83. The maximum atomic E-state index is 15.0. The first kappa shape index (κ1) is 25.0. The van der Waals surface area contributed by atoms with Crippen molar-refractivity contribution in [3.05, 3.63) is 53.6 Å². The van der Waals surface area contributed by atoms with Crippen LogP contribution in [0.1, 0.15) is 82.6 Å². The van der Waals surface area contributed by atoms with Gasteiger partial charge < -0.3 is 4.74 Å². The zero-order chi connectivity index (χ0) is 24.3. The molecule has 2 aliphatic rings. The number of hydrogen-bond donors (Lipinski definition) is 0. The van der Waals surface area contributed by atoms with Crippen LogP contribution in [0.25, 0.3) is 11.1 Å². The van der Waals surface area contributed by atoms with Crippen LogP contribution in [0.5, 0.6) is 5.75 Å². The number of unbranched alkanes of at least 4 members (excludes halogenated alkanes) is 2.